The minimum atomic E-state index is -1.45. The van der Waals surface area contributed by atoms with Crippen molar-refractivity contribution < 1.29 is 39.8 Å². The Labute approximate surface area is 208 Å². The molecular weight excluding hydrogens is 478 g/mol. The van der Waals surface area contributed by atoms with Gasteiger partial charge in [0.1, 0.15) is 42.4 Å². The second kappa shape index (κ2) is 11.1. The van der Waals surface area contributed by atoms with E-state index >= 15 is 0 Å². The third-order valence-electron chi connectivity index (χ3n) is 6.62. The lowest BCUT2D eigenvalue weighted by Crippen LogP contribution is -2.55. The zero-order chi connectivity index (χ0) is 25.1. The maximum absolute atomic E-state index is 11.0. The van der Waals surface area contributed by atoms with Gasteiger partial charge in [-0.3, -0.25) is 0 Å². The van der Waals surface area contributed by atoms with E-state index in [0.29, 0.717) is 48.7 Å². The molecule has 35 heavy (non-hydrogen) atoms. The summed E-state index contributed by atoms with van der Waals surface area (Å²) in [6.07, 6.45) is -5.27. The van der Waals surface area contributed by atoms with Gasteiger partial charge in [-0.25, -0.2) is 4.79 Å². The standard InChI is InChI=1S/C25H30ClNO8/c26-19-6-3-15(24-23(31)22(30)21(29)20(13-28)35-24)12-16(19)11-14-1-4-17(5-2-14)34-18-7-9-27(10-8-18)25(32)33/h1-6,12,18,20-24,28-31H,7-11,13H2,(H,32,33)/t20-,21-,22?,23-,24+/m1/s1. The van der Waals surface area contributed by atoms with Gasteiger partial charge >= 0.3 is 6.09 Å². The highest BCUT2D eigenvalue weighted by molar-refractivity contribution is 6.31. The summed E-state index contributed by atoms with van der Waals surface area (Å²) >= 11 is 6.42. The van der Waals surface area contributed by atoms with E-state index < -0.39 is 43.2 Å². The molecule has 1 amide bonds. The van der Waals surface area contributed by atoms with Gasteiger partial charge < -0.3 is 39.9 Å². The van der Waals surface area contributed by atoms with E-state index in [1.807, 2.05) is 24.3 Å². The van der Waals surface area contributed by atoms with Crippen molar-refractivity contribution in [3.05, 3.63) is 64.2 Å². The number of carbonyl (C=O) groups is 1. The fourth-order valence-corrected chi connectivity index (χ4v) is 4.73. The molecule has 9 nitrogen and oxygen atoms in total. The van der Waals surface area contributed by atoms with Gasteiger partial charge in [0.25, 0.3) is 0 Å². The molecule has 2 aliphatic heterocycles. The topological polar surface area (TPSA) is 140 Å². The van der Waals surface area contributed by atoms with E-state index in [-0.39, 0.29) is 6.10 Å². The third kappa shape index (κ3) is 5.88. The van der Waals surface area contributed by atoms with Gasteiger partial charge in [-0.2, -0.15) is 0 Å². The van der Waals surface area contributed by atoms with Crippen LogP contribution >= 0.6 is 11.6 Å². The van der Waals surface area contributed by atoms with Crippen LogP contribution in [0.25, 0.3) is 0 Å². The van der Waals surface area contributed by atoms with Crippen LogP contribution in [0.4, 0.5) is 4.79 Å². The fourth-order valence-electron chi connectivity index (χ4n) is 4.55. The van der Waals surface area contributed by atoms with Gasteiger partial charge in [-0.05, 0) is 41.3 Å². The Bertz CT molecular complexity index is 1010. The number of amides is 1. The maximum Gasteiger partial charge on any atom is 0.407 e. The van der Waals surface area contributed by atoms with E-state index in [2.05, 4.69) is 0 Å². The van der Waals surface area contributed by atoms with Crippen molar-refractivity contribution in [1.82, 2.24) is 4.90 Å². The van der Waals surface area contributed by atoms with E-state index in [9.17, 15) is 25.2 Å². The van der Waals surface area contributed by atoms with Crippen LogP contribution in [-0.4, -0.2) is 86.7 Å². The molecule has 190 valence electrons. The number of aliphatic hydroxyl groups is 4. The highest BCUT2D eigenvalue weighted by atomic mass is 35.5. The number of benzene rings is 2. The monoisotopic (exact) mass is 507 g/mol. The van der Waals surface area contributed by atoms with E-state index in [0.717, 1.165) is 11.1 Å². The summed E-state index contributed by atoms with van der Waals surface area (Å²) in [5, 5.41) is 49.6. The van der Waals surface area contributed by atoms with Crippen LogP contribution in [0.5, 0.6) is 5.75 Å². The number of rotatable bonds is 6. The average Bonchev–Trinajstić information content (AvgIpc) is 2.86. The van der Waals surface area contributed by atoms with E-state index in [1.165, 1.54) is 4.90 Å². The number of carboxylic acid groups (broad SMARTS) is 1. The lowest BCUT2D eigenvalue weighted by Gasteiger charge is -2.40. The smallest absolute Gasteiger partial charge is 0.407 e. The van der Waals surface area contributed by atoms with Gasteiger partial charge in [0.05, 0.1) is 6.61 Å². The van der Waals surface area contributed by atoms with Crippen LogP contribution in [0.15, 0.2) is 42.5 Å². The number of hydrogen-bond donors (Lipinski definition) is 5. The maximum atomic E-state index is 11.0. The summed E-state index contributed by atoms with van der Waals surface area (Å²) in [6.45, 7) is 0.428. The first-order valence-corrected chi connectivity index (χ1v) is 12.0. The first-order valence-electron chi connectivity index (χ1n) is 11.6. The number of halogens is 1. The molecule has 0 bridgehead atoms. The molecule has 0 aliphatic carbocycles. The van der Waals surface area contributed by atoms with Crippen molar-refractivity contribution in [1.29, 1.82) is 0 Å². The van der Waals surface area contributed by atoms with Crippen molar-refractivity contribution in [3.8, 4) is 5.75 Å². The van der Waals surface area contributed by atoms with Gasteiger partial charge in [0.2, 0.25) is 0 Å². The average molecular weight is 508 g/mol. The molecule has 5 N–H and O–H groups in total. The van der Waals surface area contributed by atoms with E-state index in [1.54, 1.807) is 18.2 Å². The summed E-state index contributed by atoms with van der Waals surface area (Å²) in [7, 11) is 0. The minimum absolute atomic E-state index is 0.0267. The first kappa shape index (κ1) is 25.7. The molecule has 2 saturated heterocycles. The molecular formula is C25H30ClNO8. The Morgan fingerprint density at radius 3 is 2.34 bits per heavy atom. The predicted octanol–water partition coefficient (Wildman–Crippen LogP) is 1.97. The number of aliphatic hydroxyl groups excluding tert-OH is 4. The second-order valence-electron chi connectivity index (χ2n) is 9.01. The summed E-state index contributed by atoms with van der Waals surface area (Å²) in [4.78, 5) is 12.4. The SMILES string of the molecule is O=C(O)N1CCC(Oc2ccc(Cc3cc([C@@H]4O[C@H](CO)[C@@H](O)C(O)[C@H]4O)ccc3Cl)cc2)CC1. The molecule has 2 fully saturated rings. The Balaban J connectivity index is 1.41. The van der Waals surface area contributed by atoms with Crippen molar-refractivity contribution in [3.63, 3.8) is 0 Å². The van der Waals surface area contributed by atoms with Crippen LogP contribution in [-0.2, 0) is 11.2 Å². The lowest BCUT2D eigenvalue weighted by atomic mass is 9.90. The van der Waals surface area contributed by atoms with Crippen molar-refractivity contribution in [2.75, 3.05) is 19.7 Å². The van der Waals surface area contributed by atoms with Gasteiger partial charge in [-0.15, -0.1) is 0 Å². The molecule has 2 heterocycles. The summed E-state index contributed by atoms with van der Waals surface area (Å²) < 4.78 is 11.7. The largest absolute Gasteiger partial charge is 0.490 e. The zero-order valence-electron chi connectivity index (χ0n) is 19.0. The van der Waals surface area contributed by atoms with Crippen LogP contribution in [0.1, 0.15) is 35.6 Å². The van der Waals surface area contributed by atoms with Gasteiger partial charge in [0.15, 0.2) is 0 Å². The normalized spacial score (nSPS) is 27.6. The van der Waals surface area contributed by atoms with Gasteiger partial charge in [-0.1, -0.05) is 35.9 Å². The summed E-state index contributed by atoms with van der Waals surface area (Å²) in [5.41, 5.74) is 2.34. The molecule has 5 atom stereocenters. The lowest BCUT2D eigenvalue weighted by molar-refractivity contribution is -0.231. The van der Waals surface area contributed by atoms with E-state index in [4.69, 9.17) is 26.2 Å². The third-order valence-corrected chi connectivity index (χ3v) is 6.99. The Morgan fingerprint density at radius 2 is 1.71 bits per heavy atom. The number of piperidine rings is 1. The van der Waals surface area contributed by atoms with Crippen LogP contribution < -0.4 is 4.74 Å². The number of nitrogens with zero attached hydrogens (tertiary/aromatic N) is 1. The Hall–Kier alpha value is -2.40. The highest BCUT2D eigenvalue weighted by Gasteiger charge is 2.44. The predicted molar refractivity (Wildman–Crippen MR) is 127 cm³/mol. The zero-order valence-corrected chi connectivity index (χ0v) is 19.8. The van der Waals surface area contributed by atoms with Crippen LogP contribution in [0.2, 0.25) is 5.02 Å². The first-order chi connectivity index (χ1) is 16.8. The molecule has 2 aliphatic rings. The molecule has 2 aromatic carbocycles. The second-order valence-corrected chi connectivity index (χ2v) is 9.42. The molecule has 4 rings (SSSR count). The molecule has 2 aromatic rings. The number of hydrogen-bond acceptors (Lipinski definition) is 7. The molecule has 0 saturated carbocycles. The molecule has 0 spiro atoms. The summed E-state index contributed by atoms with van der Waals surface area (Å²) in [6, 6.07) is 12.8. The Kier molecular flexibility index (Phi) is 8.16. The van der Waals surface area contributed by atoms with Gasteiger partial charge in [0, 0.05) is 31.0 Å². The minimum Gasteiger partial charge on any atom is -0.490 e. The Morgan fingerprint density at radius 1 is 1.03 bits per heavy atom. The number of likely N-dealkylation sites (tertiary alicyclic amines) is 1. The van der Waals surface area contributed by atoms with Crippen molar-refractivity contribution in [2.45, 2.75) is 55.9 Å². The molecule has 0 radical (unpaired) electrons. The summed E-state index contributed by atoms with van der Waals surface area (Å²) in [5.74, 6) is 0.712. The van der Waals surface area contributed by atoms with Crippen LogP contribution in [0.3, 0.4) is 0 Å². The van der Waals surface area contributed by atoms with Crippen LogP contribution in [0, 0.1) is 0 Å². The molecule has 0 aromatic heterocycles. The van der Waals surface area contributed by atoms with Crippen molar-refractivity contribution >= 4 is 17.7 Å². The molecule has 10 heteroatoms. The van der Waals surface area contributed by atoms with Crippen molar-refractivity contribution in [2.24, 2.45) is 0 Å². The highest BCUT2D eigenvalue weighted by Crippen LogP contribution is 2.34. The number of ether oxygens (including phenoxy) is 2. The fraction of sp³-hybridized carbons (Fsp3) is 0.480. The quantitative estimate of drug-likeness (QED) is 0.400. The molecule has 1 unspecified atom stereocenters.